The van der Waals surface area contributed by atoms with Crippen LogP contribution in [0.4, 0.5) is 0 Å². The summed E-state index contributed by atoms with van der Waals surface area (Å²) < 4.78 is 30.7. The van der Waals surface area contributed by atoms with Gasteiger partial charge in [0.25, 0.3) is 0 Å². The number of ether oxygens (including phenoxy) is 5. The molecule has 4 aromatic carbocycles. The van der Waals surface area contributed by atoms with E-state index < -0.39 is 0 Å². The number of fused-ring (bicyclic) bond motifs is 5. The molecule has 0 fully saturated rings. The standard InChI is InChI=1S/C36H36N2O6/c1-37-13-11-24-17-31-32(19-26(24)20-37)44-36-34-25(18-33(41-4)35(36)43-31)12-14-38(2)28(34)15-22-5-8-27(9-6-22)42-30-16-23(21-39)7-10-29(30)40-3/h5-10,16-19,21,28H,11-15,20H2,1-4H3/t28-/m0/s1. The summed E-state index contributed by atoms with van der Waals surface area (Å²) in [5.74, 6) is 5.30. The Morgan fingerprint density at radius 1 is 0.795 bits per heavy atom. The summed E-state index contributed by atoms with van der Waals surface area (Å²) in [4.78, 5) is 16.0. The largest absolute Gasteiger partial charge is 0.493 e. The van der Waals surface area contributed by atoms with Gasteiger partial charge in [-0.25, -0.2) is 0 Å². The Bertz CT molecular complexity index is 1730. The van der Waals surface area contributed by atoms with Crippen LogP contribution in [0, 0.1) is 0 Å². The second kappa shape index (κ2) is 11.5. The summed E-state index contributed by atoms with van der Waals surface area (Å²) in [6.45, 7) is 2.85. The van der Waals surface area contributed by atoms with Crippen molar-refractivity contribution in [3.05, 3.63) is 94.0 Å². The first-order valence-electron chi connectivity index (χ1n) is 15.0. The van der Waals surface area contributed by atoms with E-state index in [1.54, 1.807) is 32.4 Å². The summed E-state index contributed by atoms with van der Waals surface area (Å²) in [6, 6.07) is 19.7. The van der Waals surface area contributed by atoms with Gasteiger partial charge in [0.15, 0.2) is 34.5 Å². The summed E-state index contributed by atoms with van der Waals surface area (Å²) >= 11 is 0. The van der Waals surface area contributed by atoms with E-state index in [2.05, 4.69) is 54.2 Å². The van der Waals surface area contributed by atoms with E-state index in [9.17, 15) is 4.79 Å². The third-order valence-electron chi connectivity index (χ3n) is 8.94. The lowest BCUT2D eigenvalue weighted by atomic mass is 9.87. The normalized spacial score (nSPS) is 17.2. The quantitative estimate of drug-likeness (QED) is 0.188. The molecule has 0 aliphatic carbocycles. The molecule has 0 aromatic heterocycles. The number of nitrogens with zero attached hydrogens (tertiary/aromatic N) is 2. The minimum absolute atomic E-state index is 0.0726. The van der Waals surface area contributed by atoms with Crippen LogP contribution in [-0.4, -0.2) is 57.5 Å². The van der Waals surface area contributed by atoms with Crippen LogP contribution in [0.1, 0.15) is 44.2 Å². The summed E-state index contributed by atoms with van der Waals surface area (Å²) in [5, 5.41) is 0. The van der Waals surface area contributed by atoms with Gasteiger partial charge in [0.2, 0.25) is 5.75 Å². The molecular weight excluding hydrogens is 556 g/mol. The molecule has 0 N–H and O–H groups in total. The molecular formula is C36H36N2O6. The van der Waals surface area contributed by atoms with E-state index in [4.69, 9.17) is 23.7 Å². The van der Waals surface area contributed by atoms with Gasteiger partial charge >= 0.3 is 0 Å². The first-order chi connectivity index (χ1) is 21.4. The van der Waals surface area contributed by atoms with Gasteiger partial charge in [-0.05, 0) is 104 Å². The Hall–Kier alpha value is -4.53. The molecule has 8 nitrogen and oxygen atoms in total. The number of benzene rings is 4. The molecule has 0 unspecified atom stereocenters. The highest BCUT2D eigenvalue weighted by Gasteiger charge is 2.36. The predicted molar refractivity (Wildman–Crippen MR) is 167 cm³/mol. The van der Waals surface area contributed by atoms with E-state index in [1.165, 1.54) is 16.7 Å². The fourth-order valence-electron chi connectivity index (χ4n) is 6.51. The van der Waals surface area contributed by atoms with Gasteiger partial charge in [-0.3, -0.25) is 9.69 Å². The lowest BCUT2D eigenvalue weighted by molar-refractivity contribution is 0.112. The highest BCUT2D eigenvalue weighted by Crippen LogP contribution is 2.56. The number of carbonyl (C=O) groups is 1. The number of carbonyl (C=O) groups excluding carboxylic acids is 1. The number of methoxy groups -OCH3 is 2. The first kappa shape index (κ1) is 28.3. The molecule has 0 saturated carbocycles. The van der Waals surface area contributed by atoms with Crippen molar-refractivity contribution in [3.8, 4) is 46.0 Å². The number of likely N-dealkylation sites (N-methyl/N-ethyl adjacent to an activating group) is 2. The highest BCUT2D eigenvalue weighted by atomic mass is 16.6. The predicted octanol–water partition coefficient (Wildman–Crippen LogP) is 6.97. The number of aldehydes is 1. The maximum Gasteiger partial charge on any atom is 0.212 e. The maximum atomic E-state index is 11.3. The average molecular weight is 593 g/mol. The van der Waals surface area contributed by atoms with E-state index in [1.807, 2.05) is 12.1 Å². The number of hydrogen-bond acceptors (Lipinski definition) is 8. The molecule has 3 aliphatic heterocycles. The Labute approximate surface area is 257 Å². The van der Waals surface area contributed by atoms with E-state index in [0.29, 0.717) is 34.3 Å². The molecule has 44 heavy (non-hydrogen) atoms. The fourth-order valence-corrected chi connectivity index (χ4v) is 6.51. The van der Waals surface area contributed by atoms with E-state index in [-0.39, 0.29) is 6.04 Å². The zero-order valence-corrected chi connectivity index (χ0v) is 25.5. The molecule has 3 aliphatic rings. The molecule has 7 rings (SSSR count). The monoisotopic (exact) mass is 592 g/mol. The van der Waals surface area contributed by atoms with Crippen molar-refractivity contribution in [2.75, 3.05) is 41.4 Å². The summed E-state index contributed by atoms with van der Waals surface area (Å²) in [6.07, 6.45) is 3.46. The van der Waals surface area contributed by atoms with Crippen LogP contribution >= 0.6 is 0 Å². The van der Waals surface area contributed by atoms with Gasteiger partial charge in [0, 0.05) is 36.8 Å². The highest BCUT2D eigenvalue weighted by molar-refractivity contribution is 5.76. The van der Waals surface area contributed by atoms with Gasteiger partial charge in [-0.1, -0.05) is 12.1 Å². The third-order valence-corrected chi connectivity index (χ3v) is 8.94. The molecule has 0 amide bonds. The maximum absolute atomic E-state index is 11.3. The first-order valence-corrected chi connectivity index (χ1v) is 15.0. The van der Waals surface area contributed by atoms with Gasteiger partial charge in [0.1, 0.15) is 12.0 Å². The van der Waals surface area contributed by atoms with Crippen molar-refractivity contribution < 1.29 is 28.5 Å². The molecule has 0 spiro atoms. The van der Waals surface area contributed by atoms with Crippen LogP contribution in [0.3, 0.4) is 0 Å². The fraction of sp³-hybridized carbons (Fsp3) is 0.306. The molecule has 3 heterocycles. The van der Waals surface area contributed by atoms with E-state index >= 15 is 0 Å². The van der Waals surface area contributed by atoms with Crippen LogP contribution in [0.5, 0.6) is 46.0 Å². The minimum Gasteiger partial charge on any atom is -0.493 e. The van der Waals surface area contributed by atoms with Crippen LogP contribution in [0.25, 0.3) is 0 Å². The average Bonchev–Trinajstić information content (AvgIpc) is 3.04. The lowest BCUT2D eigenvalue weighted by Gasteiger charge is -2.38. The Morgan fingerprint density at radius 3 is 2.27 bits per heavy atom. The van der Waals surface area contributed by atoms with Crippen molar-refractivity contribution in [2.45, 2.75) is 31.8 Å². The van der Waals surface area contributed by atoms with Crippen molar-refractivity contribution >= 4 is 6.29 Å². The number of rotatable bonds is 7. The third kappa shape index (κ3) is 5.14. The molecule has 0 radical (unpaired) electrons. The zero-order valence-electron chi connectivity index (χ0n) is 25.5. The molecule has 226 valence electrons. The SMILES string of the molecule is COc1ccc(C=O)cc1Oc1ccc(C[C@H]2c3c(cc(OC)c4c3Oc3cc5c(cc3O4)CCN(C)C5)CCN2C)cc1. The van der Waals surface area contributed by atoms with Crippen LogP contribution in [0.15, 0.2) is 60.7 Å². The Morgan fingerprint density at radius 2 is 1.52 bits per heavy atom. The molecule has 0 bridgehead atoms. The molecule has 4 aromatic rings. The van der Waals surface area contributed by atoms with Crippen molar-refractivity contribution in [3.63, 3.8) is 0 Å². The van der Waals surface area contributed by atoms with Gasteiger partial charge in [-0.2, -0.15) is 0 Å². The molecule has 0 saturated heterocycles. The van der Waals surface area contributed by atoms with Gasteiger partial charge in [-0.15, -0.1) is 0 Å². The Balaban J connectivity index is 1.19. The second-order valence-corrected chi connectivity index (χ2v) is 11.8. The topological polar surface area (TPSA) is 69.7 Å². The summed E-state index contributed by atoms with van der Waals surface area (Å²) in [5.41, 5.74) is 6.65. The zero-order chi connectivity index (χ0) is 30.4. The van der Waals surface area contributed by atoms with Crippen molar-refractivity contribution in [1.29, 1.82) is 0 Å². The molecule has 8 heteroatoms. The van der Waals surface area contributed by atoms with Gasteiger partial charge < -0.3 is 28.6 Å². The smallest absolute Gasteiger partial charge is 0.212 e. The van der Waals surface area contributed by atoms with Gasteiger partial charge in [0.05, 0.1) is 14.2 Å². The van der Waals surface area contributed by atoms with Crippen molar-refractivity contribution in [1.82, 2.24) is 9.80 Å². The minimum atomic E-state index is 0.0726. The van der Waals surface area contributed by atoms with E-state index in [0.717, 1.165) is 73.6 Å². The lowest BCUT2D eigenvalue weighted by Crippen LogP contribution is -2.34. The molecule has 1 atom stereocenters. The summed E-state index contributed by atoms with van der Waals surface area (Å²) in [7, 11) is 7.58. The van der Waals surface area contributed by atoms with Crippen LogP contribution in [0.2, 0.25) is 0 Å². The van der Waals surface area contributed by atoms with Crippen molar-refractivity contribution in [2.24, 2.45) is 0 Å². The van der Waals surface area contributed by atoms with Crippen LogP contribution in [-0.2, 0) is 25.8 Å². The second-order valence-electron chi connectivity index (χ2n) is 11.8. The van der Waals surface area contributed by atoms with Crippen LogP contribution < -0.4 is 23.7 Å². The number of hydrogen-bond donors (Lipinski definition) is 0. The Kier molecular flexibility index (Phi) is 7.40.